The predicted molar refractivity (Wildman–Crippen MR) is 99.5 cm³/mol. The van der Waals surface area contributed by atoms with Crippen LogP contribution in [0.1, 0.15) is 17.2 Å². The maximum atomic E-state index is 12.8. The molecule has 0 fully saturated rings. The Balaban J connectivity index is 0.00000264. The molecule has 1 aromatic carbocycles. The molecule has 1 heterocycles. The Kier molecular flexibility index (Phi) is 7.93. The number of hydrogen-bond donors (Lipinski definition) is 2. The van der Waals surface area contributed by atoms with Gasteiger partial charge in [0.15, 0.2) is 11.8 Å². The minimum absolute atomic E-state index is 0. The molecule has 0 radical (unpaired) electrons. The van der Waals surface area contributed by atoms with Crippen molar-refractivity contribution in [3.63, 3.8) is 0 Å². The van der Waals surface area contributed by atoms with Gasteiger partial charge in [0.05, 0.1) is 6.54 Å². The zero-order valence-corrected chi connectivity index (χ0v) is 15.8. The number of halogens is 2. The minimum atomic E-state index is -0.215. The predicted octanol–water partition coefficient (Wildman–Crippen LogP) is 1.79. The molecule has 0 amide bonds. The minimum Gasteiger partial charge on any atom is -0.356 e. The van der Waals surface area contributed by atoms with Crippen LogP contribution in [0, 0.1) is 12.7 Å². The van der Waals surface area contributed by atoms with E-state index < -0.39 is 0 Å². The van der Waals surface area contributed by atoms with Gasteiger partial charge in [-0.1, -0.05) is 12.1 Å². The van der Waals surface area contributed by atoms with Crippen LogP contribution in [0.15, 0.2) is 29.3 Å². The first kappa shape index (κ1) is 19.3. The lowest BCUT2D eigenvalue weighted by Crippen LogP contribution is -2.38. The molecule has 2 N–H and O–H groups in total. The van der Waals surface area contributed by atoms with Crippen molar-refractivity contribution in [3.05, 3.63) is 47.3 Å². The molecule has 0 saturated heterocycles. The molecule has 0 unspecified atom stereocenters. The molecule has 0 saturated carbocycles. The highest BCUT2D eigenvalue weighted by atomic mass is 127. The van der Waals surface area contributed by atoms with Crippen LogP contribution in [0.2, 0.25) is 0 Å². The molecule has 2 rings (SSSR count). The lowest BCUT2D eigenvalue weighted by molar-refractivity contribution is 0.626. The number of aryl methyl sites for hydroxylation is 1. The SMILES string of the molecule is CN=C(NCCc1ccc(F)cc1)NCc1nnc(C)n1C.I. The zero-order chi connectivity index (χ0) is 15.9. The molecule has 126 valence electrons. The summed E-state index contributed by atoms with van der Waals surface area (Å²) in [6.07, 6.45) is 0.796. The monoisotopic (exact) mass is 432 g/mol. The average molecular weight is 432 g/mol. The summed E-state index contributed by atoms with van der Waals surface area (Å²) in [7, 11) is 3.65. The molecule has 1 aromatic heterocycles. The molecule has 0 aliphatic rings. The van der Waals surface area contributed by atoms with Gasteiger partial charge in [-0.3, -0.25) is 4.99 Å². The van der Waals surface area contributed by atoms with Crippen molar-refractivity contribution in [1.82, 2.24) is 25.4 Å². The highest BCUT2D eigenvalue weighted by molar-refractivity contribution is 14.0. The fraction of sp³-hybridized carbons (Fsp3) is 0.400. The van der Waals surface area contributed by atoms with E-state index in [9.17, 15) is 4.39 Å². The summed E-state index contributed by atoms with van der Waals surface area (Å²) in [4.78, 5) is 4.16. The van der Waals surface area contributed by atoms with E-state index in [4.69, 9.17) is 0 Å². The Morgan fingerprint density at radius 1 is 1.22 bits per heavy atom. The van der Waals surface area contributed by atoms with Crippen molar-refractivity contribution in [2.24, 2.45) is 12.0 Å². The number of rotatable bonds is 5. The van der Waals surface area contributed by atoms with E-state index in [-0.39, 0.29) is 29.8 Å². The summed E-state index contributed by atoms with van der Waals surface area (Å²) in [5, 5.41) is 14.5. The summed E-state index contributed by atoms with van der Waals surface area (Å²) in [5.41, 5.74) is 1.08. The first-order valence-electron chi connectivity index (χ1n) is 7.14. The topological polar surface area (TPSA) is 67.1 Å². The van der Waals surface area contributed by atoms with Crippen molar-refractivity contribution in [3.8, 4) is 0 Å². The molecule has 0 aliphatic heterocycles. The first-order chi connectivity index (χ1) is 10.6. The van der Waals surface area contributed by atoms with Crippen LogP contribution in [0.4, 0.5) is 4.39 Å². The largest absolute Gasteiger partial charge is 0.356 e. The zero-order valence-electron chi connectivity index (χ0n) is 13.5. The highest BCUT2D eigenvalue weighted by Gasteiger charge is 2.05. The van der Waals surface area contributed by atoms with Gasteiger partial charge in [0.25, 0.3) is 0 Å². The Morgan fingerprint density at radius 3 is 2.48 bits per heavy atom. The molecule has 8 heteroatoms. The maximum absolute atomic E-state index is 12.8. The lowest BCUT2D eigenvalue weighted by atomic mass is 10.1. The van der Waals surface area contributed by atoms with Crippen molar-refractivity contribution in [1.29, 1.82) is 0 Å². The van der Waals surface area contributed by atoms with E-state index in [0.29, 0.717) is 19.0 Å². The number of nitrogens with one attached hydrogen (secondary N) is 2. The number of aromatic nitrogens is 3. The number of guanidine groups is 1. The Morgan fingerprint density at radius 2 is 1.91 bits per heavy atom. The second kappa shape index (κ2) is 9.43. The number of hydrogen-bond acceptors (Lipinski definition) is 3. The third kappa shape index (κ3) is 5.77. The normalized spacial score (nSPS) is 11.0. The standard InChI is InChI=1S/C15H21FN6.HI/c1-11-20-21-14(22(11)3)10-19-15(17-2)18-9-8-12-4-6-13(16)7-5-12;/h4-7H,8-10H2,1-3H3,(H2,17,18,19);1H. The molecule has 23 heavy (non-hydrogen) atoms. The fourth-order valence-electron chi connectivity index (χ4n) is 1.96. The molecule has 0 atom stereocenters. The third-order valence-corrected chi connectivity index (χ3v) is 3.44. The Bertz CT molecular complexity index is 638. The van der Waals surface area contributed by atoms with Gasteiger partial charge in [-0.25, -0.2) is 4.39 Å². The summed E-state index contributed by atoms with van der Waals surface area (Å²) in [6, 6.07) is 6.52. The van der Waals surface area contributed by atoms with Crippen LogP contribution >= 0.6 is 24.0 Å². The maximum Gasteiger partial charge on any atom is 0.191 e. The van der Waals surface area contributed by atoms with Gasteiger partial charge in [-0.15, -0.1) is 34.2 Å². The lowest BCUT2D eigenvalue weighted by Gasteiger charge is -2.11. The van der Waals surface area contributed by atoms with E-state index in [2.05, 4.69) is 25.8 Å². The first-order valence-corrected chi connectivity index (χ1v) is 7.14. The smallest absolute Gasteiger partial charge is 0.191 e. The van der Waals surface area contributed by atoms with Gasteiger partial charge < -0.3 is 15.2 Å². The van der Waals surface area contributed by atoms with Crippen LogP contribution in [-0.2, 0) is 20.0 Å². The molecule has 2 aromatic rings. The molecular formula is C15H22FIN6. The quantitative estimate of drug-likeness (QED) is 0.430. The summed E-state index contributed by atoms with van der Waals surface area (Å²) in [6.45, 7) is 3.17. The van der Waals surface area contributed by atoms with Gasteiger partial charge in [-0.2, -0.15) is 0 Å². The van der Waals surface area contributed by atoms with E-state index in [1.165, 1.54) is 12.1 Å². The number of benzene rings is 1. The second-order valence-electron chi connectivity index (χ2n) is 4.95. The number of nitrogens with zero attached hydrogens (tertiary/aromatic N) is 4. The van der Waals surface area contributed by atoms with Crippen LogP contribution in [0.3, 0.4) is 0 Å². The summed E-state index contributed by atoms with van der Waals surface area (Å²) in [5.74, 6) is 2.20. The molecule has 6 nitrogen and oxygen atoms in total. The number of aliphatic imine (C=N–C) groups is 1. The summed E-state index contributed by atoms with van der Waals surface area (Å²) >= 11 is 0. The van der Waals surface area contributed by atoms with Gasteiger partial charge in [0.2, 0.25) is 0 Å². The van der Waals surface area contributed by atoms with Gasteiger partial charge in [-0.05, 0) is 31.0 Å². The van der Waals surface area contributed by atoms with Gasteiger partial charge in [0, 0.05) is 20.6 Å². The third-order valence-electron chi connectivity index (χ3n) is 3.44. The van der Waals surface area contributed by atoms with Crippen molar-refractivity contribution in [2.45, 2.75) is 19.9 Å². The van der Waals surface area contributed by atoms with E-state index in [1.54, 1.807) is 19.2 Å². The molecule has 0 spiro atoms. The van der Waals surface area contributed by atoms with Crippen LogP contribution in [-0.4, -0.2) is 34.3 Å². The molecule has 0 bridgehead atoms. The van der Waals surface area contributed by atoms with Crippen molar-refractivity contribution < 1.29 is 4.39 Å². The van der Waals surface area contributed by atoms with E-state index in [0.717, 1.165) is 23.6 Å². The summed E-state index contributed by atoms with van der Waals surface area (Å²) < 4.78 is 14.8. The van der Waals surface area contributed by atoms with Crippen LogP contribution < -0.4 is 10.6 Å². The molecule has 0 aliphatic carbocycles. The molecular weight excluding hydrogens is 410 g/mol. The highest BCUT2D eigenvalue weighted by Crippen LogP contribution is 2.02. The average Bonchev–Trinajstić information content (AvgIpc) is 2.84. The van der Waals surface area contributed by atoms with E-state index >= 15 is 0 Å². The van der Waals surface area contributed by atoms with Crippen molar-refractivity contribution >= 4 is 29.9 Å². The fourth-order valence-corrected chi connectivity index (χ4v) is 1.96. The van der Waals surface area contributed by atoms with E-state index in [1.807, 2.05) is 18.5 Å². The Labute approximate surface area is 152 Å². The van der Waals surface area contributed by atoms with Gasteiger partial charge >= 0.3 is 0 Å². The van der Waals surface area contributed by atoms with Crippen LogP contribution in [0.5, 0.6) is 0 Å². The Hall–Kier alpha value is -1.71. The van der Waals surface area contributed by atoms with Gasteiger partial charge in [0.1, 0.15) is 11.6 Å². The second-order valence-corrected chi connectivity index (χ2v) is 4.95. The van der Waals surface area contributed by atoms with Crippen LogP contribution in [0.25, 0.3) is 0 Å². The van der Waals surface area contributed by atoms with Crippen molar-refractivity contribution in [2.75, 3.05) is 13.6 Å².